The van der Waals surface area contributed by atoms with E-state index in [1.807, 2.05) is 0 Å². The molecule has 0 saturated heterocycles. The first-order valence-corrected chi connectivity index (χ1v) is 6.03. The summed E-state index contributed by atoms with van der Waals surface area (Å²) in [6, 6.07) is 9.73. The first kappa shape index (κ1) is 13.9. The molecule has 4 nitrogen and oxygen atoms in total. The lowest BCUT2D eigenvalue weighted by atomic mass is 10.1. The van der Waals surface area contributed by atoms with Crippen LogP contribution in [0.5, 0.6) is 0 Å². The highest BCUT2D eigenvalue weighted by Gasteiger charge is 2.13. The number of hydrogen-bond acceptors (Lipinski definition) is 4. The average Bonchev–Trinajstić information content (AvgIpc) is 2.44. The fraction of sp³-hybridized carbons (Fsp3) is 0.133. The Hall–Kier alpha value is -2.56. The fourth-order valence-electron chi connectivity index (χ4n) is 1.79. The van der Waals surface area contributed by atoms with Gasteiger partial charge in [-0.1, -0.05) is 12.1 Å². The van der Waals surface area contributed by atoms with Crippen LogP contribution in [0.15, 0.2) is 36.4 Å². The maximum atomic E-state index is 13.5. The molecule has 0 aliphatic carbocycles. The van der Waals surface area contributed by atoms with Crippen molar-refractivity contribution in [2.75, 3.05) is 18.2 Å². The number of ether oxygens (including phenoxy) is 1. The van der Waals surface area contributed by atoms with E-state index in [4.69, 9.17) is 5.73 Å². The number of nitrogen functional groups attached to an aromatic ring is 1. The first-order chi connectivity index (χ1) is 9.52. The molecule has 0 heterocycles. The minimum Gasteiger partial charge on any atom is -0.465 e. The largest absolute Gasteiger partial charge is 0.465 e. The molecule has 2 aromatic carbocycles. The molecule has 0 spiro atoms. The molecule has 20 heavy (non-hydrogen) atoms. The predicted molar refractivity (Wildman–Crippen MR) is 76.6 cm³/mol. The van der Waals surface area contributed by atoms with Crippen molar-refractivity contribution in [2.24, 2.45) is 0 Å². The first-order valence-electron chi connectivity index (χ1n) is 6.03. The van der Waals surface area contributed by atoms with Gasteiger partial charge in [0.2, 0.25) is 0 Å². The molecule has 104 valence electrons. The van der Waals surface area contributed by atoms with Crippen molar-refractivity contribution in [2.45, 2.75) is 6.92 Å². The van der Waals surface area contributed by atoms with E-state index in [-0.39, 0.29) is 17.1 Å². The summed E-state index contributed by atoms with van der Waals surface area (Å²) in [5, 5.41) is 2.99. The Morgan fingerprint density at radius 2 is 2.05 bits per heavy atom. The number of nitrogens with two attached hydrogens (primary N) is 1. The van der Waals surface area contributed by atoms with Gasteiger partial charge in [-0.15, -0.1) is 0 Å². The van der Waals surface area contributed by atoms with Gasteiger partial charge in [0, 0.05) is 5.69 Å². The predicted octanol–water partition coefficient (Wildman–Crippen LogP) is 3.25. The van der Waals surface area contributed by atoms with Gasteiger partial charge in [-0.05, 0) is 36.8 Å². The highest BCUT2D eigenvalue weighted by molar-refractivity contribution is 5.98. The summed E-state index contributed by atoms with van der Waals surface area (Å²) in [5.41, 5.74) is 8.09. The summed E-state index contributed by atoms with van der Waals surface area (Å²) >= 11 is 0. The number of esters is 1. The second-order valence-electron chi connectivity index (χ2n) is 4.35. The third-order valence-corrected chi connectivity index (χ3v) is 2.96. The number of rotatable bonds is 3. The van der Waals surface area contributed by atoms with E-state index in [2.05, 4.69) is 10.1 Å². The zero-order valence-electron chi connectivity index (χ0n) is 11.2. The number of methoxy groups -OCH3 is 1. The van der Waals surface area contributed by atoms with Crippen molar-refractivity contribution in [3.8, 4) is 0 Å². The van der Waals surface area contributed by atoms with Gasteiger partial charge in [0.15, 0.2) is 0 Å². The van der Waals surface area contributed by atoms with Crippen LogP contribution in [0.1, 0.15) is 15.9 Å². The smallest absolute Gasteiger partial charge is 0.340 e. The van der Waals surface area contributed by atoms with Gasteiger partial charge in [-0.3, -0.25) is 0 Å². The summed E-state index contributed by atoms with van der Waals surface area (Å²) in [4.78, 5) is 11.5. The number of halogens is 1. The van der Waals surface area contributed by atoms with Gasteiger partial charge >= 0.3 is 5.97 Å². The van der Waals surface area contributed by atoms with Crippen LogP contribution in [0.4, 0.5) is 21.5 Å². The molecule has 0 amide bonds. The van der Waals surface area contributed by atoms with E-state index < -0.39 is 5.97 Å². The second kappa shape index (κ2) is 5.61. The van der Waals surface area contributed by atoms with Crippen molar-refractivity contribution in [3.63, 3.8) is 0 Å². The molecule has 5 heteroatoms. The number of carbonyl (C=O) groups excluding carboxylic acids is 1. The number of hydrogen-bond donors (Lipinski definition) is 2. The molecule has 2 aromatic rings. The summed E-state index contributed by atoms with van der Waals surface area (Å²) < 4.78 is 18.1. The van der Waals surface area contributed by atoms with Crippen LogP contribution in [0.3, 0.4) is 0 Å². The number of para-hydroxylation sites is 1. The van der Waals surface area contributed by atoms with Crippen LogP contribution in [0.25, 0.3) is 0 Å². The number of carbonyl (C=O) groups is 1. The Morgan fingerprint density at radius 1 is 1.30 bits per heavy atom. The number of benzene rings is 2. The normalized spacial score (nSPS) is 10.2. The van der Waals surface area contributed by atoms with Crippen LogP contribution in [0.2, 0.25) is 0 Å². The Labute approximate surface area is 116 Å². The number of aryl methyl sites for hydroxylation is 1. The molecule has 0 bridgehead atoms. The highest BCUT2D eigenvalue weighted by Crippen LogP contribution is 2.27. The van der Waals surface area contributed by atoms with Crippen LogP contribution >= 0.6 is 0 Å². The lowest BCUT2D eigenvalue weighted by Gasteiger charge is -2.12. The van der Waals surface area contributed by atoms with Gasteiger partial charge in [0.05, 0.1) is 24.0 Å². The summed E-state index contributed by atoms with van der Waals surface area (Å²) in [6.07, 6.45) is 0. The molecule has 0 unspecified atom stereocenters. The molecule has 0 saturated carbocycles. The Balaban J connectivity index is 2.34. The van der Waals surface area contributed by atoms with Crippen molar-refractivity contribution in [3.05, 3.63) is 53.3 Å². The van der Waals surface area contributed by atoms with Gasteiger partial charge in [-0.2, -0.15) is 0 Å². The van der Waals surface area contributed by atoms with Crippen molar-refractivity contribution in [1.82, 2.24) is 0 Å². The summed E-state index contributed by atoms with van der Waals surface area (Å²) in [6.45, 7) is 1.69. The minimum atomic E-state index is -0.513. The van der Waals surface area contributed by atoms with E-state index in [1.54, 1.807) is 37.3 Å². The third-order valence-electron chi connectivity index (χ3n) is 2.96. The molecule has 0 aliphatic heterocycles. The SMILES string of the molecule is COC(=O)c1cccc(Nc2ccc(C)c(F)c2)c1N. The van der Waals surface area contributed by atoms with E-state index >= 15 is 0 Å². The Kier molecular flexibility index (Phi) is 3.89. The topological polar surface area (TPSA) is 64.3 Å². The average molecular weight is 274 g/mol. The zero-order chi connectivity index (χ0) is 14.7. The van der Waals surface area contributed by atoms with E-state index in [0.29, 0.717) is 16.9 Å². The van der Waals surface area contributed by atoms with Crippen LogP contribution in [-0.2, 0) is 4.74 Å². The van der Waals surface area contributed by atoms with Crippen LogP contribution in [-0.4, -0.2) is 13.1 Å². The molecule has 0 aromatic heterocycles. The van der Waals surface area contributed by atoms with Crippen molar-refractivity contribution < 1.29 is 13.9 Å². The quantitative estimate of drug-likeness (QED) is 0.666. The molecule has 3 N–H and O–H groups in total. The van der Waals surface area contributed by atoms with Crippen LogP contribution < -0.4 is 11.1 Å². The minimum absolute atomic E-state index is 0.264. The monoisotopic (exact) mass is 274 g/mol. The van der Waals surface area contributed by atoms with E-state index in [0.717, 1.165) is 0 Å². The highest BCUT2D eigenvalue weighted by atomic mass is 19.1. The fourth-order valence-corrected chi connectivity index (χ4v) is 1.79. The lowest BCUT2D eigenvalue weighted by molar-refractivity contribution is 0.0602. The molecule has 2 rings (SSSR count). The maximum absolute atomic E-state index is 13.5. The molecular formula is C15H15FN2O2. The van der Waals surface area contributed by atoms with Crippen molar-refractivity contribution in [1.29, 1.82) is 0 Å². The van der Waals surface area contributed by atoms with Crippen molar-refractivity contribution >= 4 is 23.0 Å². The lowest BCUT2D eigenvalue weighted by Crippen LogP contribution is -2.07. The van der Waals surface area contributed by atoms with Gasteiger partial charge < -0.3 is 15.8 Å². The summed E-state index contributed by atoms with van der Waals surface area (Å²) in [5.74, 6) is -0.820. The molecule has 0 aliphatic rings. The molecule has 0 fully saturated rings. The third kappa shape index (κ3) is 2.71. The standard InChI is InChI=1S/C15H15FN2O2/c1-9-6-7-10(8-12(9)16)18-13-5-3-4-11(14(13)17)15(19)20-2/h3-8,18H,17H2,1-2H3. The molecule has 0 atom stereocenters. The Morgan fingerprint density at radius 3 is 2.70 bits per heavy atom. The van der Waals surface area contributed by atoms with E-state index in [9.17, 15) is 9.18 Å². The van der Waals surface area contributed by atoms with Gasteiger partial charge in [0.1, 0.15) is 5.82 Å². The maximum Gasteiger partial charge on any atom is 0.340 e. The Bertz CT molecular complexity index is 656. The van der Waals surface area contributed by atoms with Crippen LogP contribution in [0, 0.1) is 12.7 Å². The second-order valence-corrected chi connectivity index (χ2v) is 4.35. The molecule has 0 radical (unpaired) electrons. The number of nitrogens with one attached hydrogen (secondary N) is 1. The van der Waals surface area contributed by atoms with Gasteiger partial charge in [0.25, 0.3) is 0 Å². The number of anilines is 3. The van der Waals surface area contributed by atoms with Gasteiger partial charge in [-0.25, -0.2) is 9.18 Å². The zero-order valence-corrected chi connectivity index (χ0v) is 11.2. The summed E-state index contributed by atoms with van der Waals surface area (Å²) in [7, 11) is 1.29. The van der Waals surface area contributed by atoms with E-state index in [1.165, 1.54) is 13.2 Å². The molecular weight excluding hydrogens is 259 g/mol.